The van der Waals surface area contributed by atoms with E-state index in [0.29, 0.717) is 22.5 Å². The van der Waals surface area contributed by atoms with Gasteiger partial charge in [-0.2, -0.15) is 4.31 Å². The van der Waals surface area contributed by atoms with Gasteiger partial charge < -0.3 is 0 Å². The maximum Gasteiger partial charge on any atom is 0.244 e. The van der Waals surface area contributed by atoms with Gasteiger partial charge in [0, 0.05) is 22.0 Å². The zero-order valence-corrected chi connectivity index (χ0v) is 13.2. The van der Waals surface area contributed by atoms with Gasteiger partial charge in [0.1, 0.15) is 0 Å². The summed E-state index contributed by atoms with van der Waals surface area (Å²) in [6.07, 6.45) is 3.02. The van der Waals surface area contributed by atoms with Crippen LogP contribution in [0.5, 0.6) is 0 Å². The Morgan fingerprint density at radius 1 is 1.06 bits per heavy atom. The van der Waals surface area contributed by atoms with Crippen LogP contribution < -0.4 is 0 Å². The number of nitrogens with zero attached hydrogens (tertiary/aromatic N) is 1. The topological polar surface area (TPSA) is 37.4 Å². The molecule has 1 heterocycles. The summed E-state index contributed by atoms with van der Waals surface area (Å²) < 4.78 is 27.8. The SMILES string of the molecule is O=S(=O)(c1ccc(Br)cc1Br)N1CCCCC1. The third kappa shape index (κ3) is 2.92. The van der Waals surface area contributed by atoms with Crippen molar-refractivity contribution >= 4 is 41.9 Å². The largest absolute Gasteiger partial charge is 0.244 e. The summed E-state index contributed by atoms with van der Waals surface area (Å²) in [5.74, 6) is 0. The van der Waals surface area contributed by atoms with Crippen LogP contribution >= 0.6 is 31.9 Å². The second kappa shape index (κ2) is 5.38. The molecule has 0 aromatic heterocycles. The van der Waals surface area contributed by atoms with Gasteiger partial charge in [-0.3, -0.25) is 0 Å². The van der Waals surface area contributed by atoms with Crippen LogP contribution in [0.1, 0.15) is 19.3 Å². The number of halogens is 2. The Kier molecular flexibility index (Phi) is 4.28. The molecule has 2 rings (SSSR count). The minimum atomic E-state index is -3.34. The van der Waals surface area contributed by atoms with E-state index < -0.39 is 10.0 Å². The number of hydrogen-bond acceptors (Lipinski definition) is 2. The van der Waals surface area contributed by atoms with E-state index in [1.54, 1.807) is 22.5 Å². The van der Waals surface area contributed by atoms with Gasteiger partial charge in [0.25, 0.3) is 0 Å². The second-order valence-corrected chi connectivity index (χ2v) is 7.72. The smallest absolute Gasteiger partial charge is 0.207 e. The van der Waals surface area contributed by atoms with Crippen LogP contribution in [0, 0.1) is 0 Å². The summed E-state index contributed by atoms with van der Waals surface area (Å²) in [7, 11) is -3.34. The molecular formula is C11H13Br2NO2S. The fourth-order valence-electron chi connectivity index (χ4n) is 1.93. The predicted octanol–water partition coefficient (Wildman–Crippen LogP) is 3.39. The lowest BCUT2D eigenvalue weighted by atomic mass is 10.2. The van der Waals surface area contributed by atoms with Crippen LogP contribution in [0.15, 0.2) is 32.0 Å². The molecule has 0 spiro atoms. The first-order valence-corrected chi connectivity index (χ1v) is 8.49. The Labute approximate surface area is 119 Å². The van der Waals surface area contributed by atoms with E-state index in [2.05, 4.69) is 31.9 Å². The maximum atomic E-state index is 12.4. The molecule has 0 N–H and O–H groups in total. The first kappa shape index (κ1) is 13.5. The van der Waals surface area contributed by atoms with Crippen molar-refractivity contribution in [1.29, 1.82) is 0 Å². The van der Waals surface area contributed by atoms with Crippen LogP contribution in [-0.4, -0.2) is 25.8 Å². The van der Waals surface area contributed by atoms with Crippen LogP contribution in [0.25, 0.3) is 0 Å². The molecule has 0 atom stereocenters. The molecule has 0 aliphatic carbocycles. The Bertz CT molecular complexity index is 510. The molecule has 1 fully saturated rings. The summed E-state index contributed by atoms with van der Waals surface area (Å²) in [5, 5.41) is 0. The minimum Gasteiger partial charge on any atom is -0.207 e. The van der Waals surface area contributed by atoms with Crippen molar-refractivity contribution in [3.05, 3.63) is 27.1 Å². The molecule has 6 heteroatoms. The highest BCUT2D eigenvalue weighted by atomic mass is 79.9. The Balaban J connectivity index is 2.37. The second-order valence-electron chi connectivity index (χ2n) is 4.04. The normalized spacial score (nSPS) is 18.2. The molecule has 0 radical (unpaired) electrons. The average molecular weight is 383 g/mol. The van der Waals surface area contributed by atoms with Gasteiger partial charge in [-0.15, -0.1) is 0 Å². The van der Waals surface area contributed by atoms with Crippen LogP contribution in [0.3, 0.4) is 0 Å². The fourth-order valence-corrected chi connectivity index (χ4v) is 5.15. The summed E-state index contributed by atoms with van der Waals surface area (Å²) in [4.78, 5) is 0.350. The fraction of sp³-hybridized carbons (Fsp3) is 0.455. The molecular weight excluding hydrogens is 370 g/mol. The highest BCUT2D eigenvalue weighted by Crippen LogP contribution is 2.29. The molecule has 1 aromatic rings. The van der Waals surface area contributed by atoms with Crippen molar-refractivity contribution in [3.8, 4) is 0 Å². The van der Waals surface area contributed by atoms with E-state index in [0.717, 1.165) is 23.7 Å². The van der Waals surface area contributed by atoms with Crippen molar-refractivity contribution in [2.45, 2.75) is 24.2 Å². The predicted molar refractivity (Wildman–Crippen MR) is 74.5 cm³/mol. The lowest BCUT2D eigenvalue weighted by molar-refractivity contribution is 0.346. The summed E-state index contributed by atoms with van der Waals surface area (Å²) in [6.45, 7) is 1.26. The molecule has 0 unspecified atom stereocenters. The summed E-state index contributed by atoms with van der Waals surface area (Å²) >= 11 is 6.63. The lowest BCUT2D eigenvalue weighted by Gasteiger charge is -2.26. The van der Waals surface area contributed by atoms with Crippen LogP contribution in [0.2, 0.25) is 0 Å². The van der Waals surface area contributed by atoms with Gasteiger partial charge >= 0.3 is 0 Å². The average Bonchev–Trinajstić information content (AvgIpc) is 2.29. The Hall–Kier alpha value is 0.0900. The number of benzene rings is 1. The van der Waals surface area contributed by atoms with Gasteiger partial charge in [0.2, 0.25) is 10.0 Å². The molecule has 1 saturated heterocycles. The molecule has 17 heavy (non-hydrogen) atoms. The number of hydrogen-bond donors (Lipinski definition) is 0. The molecule has 3 nitrogen and oxygen atoms in total. The van der Waals surface area contributed by atoms with Crippen molar-refractivity contribution in [1.82, 2.24) is 4.31 Å². The van der Waals surface area contributed by atoms with Crippen molar-refractivity contribution in [3.63, 3.8) is 0 Å². The van der Waals surface area contributed by atoms with Crippen molar-refractivity contribution in [2.24, 2.45) is 0 Å². The molecule has 0 amide bonds. The van der Waals surface area contributed by atoms with Gasteiger partial charge in [0.05, 0.1) is 4.90 Å². The van der Waals surface area contributed by atoms with Gasteiger partial charge in [-0.25, -0.2) is 8.42 Å². The first-order valence-electron chi connectivity index (χ1n) is 5.47. The molecule has 94 valence electrons. The van der Waals surface area contributed by atoms with E-state index in [9.17, 15) is 8.42 Å². The van der Waals surface area contributed by atoms with Gasteiger partial charge in [0.15, 0.2) is 0 Å². The highest BCUT2D eigenvalue weighted by Gasteiger charge is 2.27. The Morgan fingerprint density at radius 3 is 2.29 bits per heavy atom. The molecule has 0 saturated carbocycles. The zero-order chi connectivity index (χ0) is 12.5. The molecule has 1 aliphatic heterocycles. The first-order chi connectivity index (χ1) is 8.01. The molecule has 0 bridgehead atoms. The third-order valence-electron chi connectivity index (χ3n) is 2.83. The number of rotatable bonds is 2. The maximum absolute atomic E-state index is 12.4. The summed E-state index contributed by atoms with van der Waals surface area (Å²) in [6, 6.07) is 5.15. The van der Waals surface area contributed by atoms with Crippen LogP contribution in [-0.2, 0) is 10.0 Å². The quantitative estimate of drug-likeness (QED) is 0.786. The monoisotopic (exact) mass is 381 g/mol. The van der Waals surface area contributed by atoms with E-state index in [-0.39, 0.29) is 0 Å². The van der Waals surface area contributed by atoms with E-state index in [1.165, 1.54) is 0 Å². The number of sulfonamides is 1. The van der Waals surface area contributed by atoms with Crippen molar-refractivity contribution < 1.29 is 8.42 Å². The molecule has 1 aliphatic rings. The number of piperidine rings is 1. The third-order valence-corrected chi connectivity index (χ3v) is 6.20. The van der Waals surface area contributed by atoms with E-state index >= 15 is 0 Å². The Morgan fingerprint density at radius 2 is 1.71 bits per heavy atom. The minimum absolute atomic E-state index is 0.350. The standard InChI is InChI=1S/C11H13Br2NO2S/c12-9-4-5-11(10(13)8-9)17(15,16)14-6-2-1-3-7-14/h4-5,8H,1-3,6-7H2. The summed E-state index contributed by atoms with van der Waals surface area (Å²) in [5.41, 5.74) is 0. The van der Waals surface area contributed by atoms with Gasteiger partial charge in [-0.05, 0) is 47.0 Å². The van der Waals surface area contributed by atoms with E-state index in [4.69, 9.17) is 0 Å². The van der Waals surface area contributed by atoms with Crippen LogP contribution in [0.4, 0.5) is 0 Å². The molecule has 1 aromatic carbocycles. The zero-order valence-electron chi connectivity index (χ0n) is 9.20. The van der Waals surface area contributed by atoms with Gasteiger partial charge in [-0.1, -0.05) is 22.4 Å². The lowest BCUT2D eigenvalue weighted by Crippen LogP contribution is -2.35. The highest BCUT2D eigenvalue weighted by molar-refractivity contribution is 9.11. The van der Waals surface area contributed by atoms with Crippen molar-refractivity contribution in [2.75, 3.05) is 13.1 Å². The van der Waals surface area contributed by atoms with E-state index in [1.807, 2.05) is 0 Å².